The van der Waals surface area contributed by atoms with Gasteiger partial charge in [-0.1, -0.05) is 0 Å². The van der Waals surface area contributed by atoms with Gasteiger partial charge in [-0.25, -0.2) is 0 Å². The Bertz CT molecular complexity index is 2010. The number of hydrogen-bond acceptors (Lipinski definition) is 0. The first-order chi connectivity index (χ1) is 27.9. The van der Waals surface area contributed by atoms with E-state index in [-0.39, 0.29) is 7.25 Å². The monoisotopic (exact) mass is 905 g/mol. The summed E-state index contributed by atoms with van der Waals surface area (Å²) in [7, 11) is 18.5. The zero-order valence-corrected chi connectivity index (χ0v) is 41.7. The van der Waals surface area contributed by atoms with Crippen LogP contribution in [0.3, 0.4) is 0 Å². The van der Waals surface area contributed by atoms with Crippen LogP contribution in [0.1, 0.15) is 157 Å². The van der Waals surface area contributed by atoms with E-state index in [2.05, 4.69) is 138 Å². The van der Waals surface area contributed by atoms with E-state index in [0.717, 1.165) is 12.8 Å². The summed E-state index contributed by atoms with van der Waals surface area (Å²) in [5.74, 6) is -1.74. The number of allylic oxidation sites excluding steroid dienone is 2. The van der Waals surface area contributed by atoms with Gasteiger partial charge in [-0.2, -0.15) is 0 Å². The molecule has 0 radical (unpaired) electrons. The number of halogens is 2. The summed E-state index contributed by atoms with van der Waals surface area (Å²) in [6.07, 6.45) is 26.1. The number of benzene rings is 4. The Balaban J connectivity index is 1.37. The average molecular weight is 908 g/mol. The van der Waals surface area contributed by atoms with Crippen molar-refractivity contribution in [1.29, 1.82) is 0 Å². The van der Waals surface area contributed by atoms with E-state index in [1.807, 2.05) is 0 Å². The summed E-state index contributed by atoms with van der Waals surface area (Å²) >= 11 is -5.10. The van der Waals surface area contributed by atoms with E-state index in [0.29, 0.717) is 10.8 Å². The molecule has 4 aromatic rings. The van der Waals surface area contributed by atoms with Gasteiger partial charge < -0.3 is 0 Å². The molecule has 0 heterocycles. The quantitative estimate of drug-likeness (QED) is 0.104. The second-order valence-corrected chi connectivity index (χ2v) is 62.4. The third kappa shape index (κ3) is 7.75. The molecule has 4 heteroatoms. The molecule has 58 heavy (non-hydrogen) atoms. The molecule has 2 fully saturated rings. The van der Waals surface area contributed by atoms with Crippen molar-refractivity contribution in [1.82, 2.24) is 0 Å². The van der Waals surface area contributed by atoms with Crippen molar-refractivity contribution >= 4 is 35.1 Å². The minimum atomic E-state index is -5.10. The molecule has 0 amide bonds. The predicted octanol–water partition coefficient (Wildman–Crippen LogP) is 17.5. The molecule has 4 aliphatic carbocycles. The molecule has 4 aromatic carbocycles. The van der Waals surface area contributed by atoms with Crippen LogP contribution in [0.2, 0.25) is 13.1 Å². The van der Waals surface area contributed by atoms with Gasteiger partial charge in [0.15, 0.2) is 0 Å². The summed E-state index contributed by atoms with van der Waals surface area (Å²) in [6.45, 7) is 14.5. The summed E-state index contributed by atoms with van der Waals surface area (Å²) in [5.41, 5.74) is 17.3. The second kappa shape index (κ2) is 17.1. The van der Waals surface area contributed by atoms with Crippen LogP contribution in [0.5, 0.6) is 0 Å². The summed E-state index contributed by atoms with van der Waals surface area (Å²) < 4.78 is 0.218. The first kappa shape index (κ1) is 42.7. The van der Waals surface area contributed by atoms with Crippen LogP contribution in [0.25, 0.3) is 34.4 Å². The first-order valence-corrected chi connectivity index (χ1v) is 39.6. The molecule has 2 unspecified atom stereocenters. The van der Waals surface area contributed by atoms with Crippen LogP contribution >= 0.6 is 17.0 Å². The van der Waals surface area contributed by atoms with E-state index in [9.17, 15) is 17.0 Å². The number of rotatable bonds is 11. The Morgan fingerprint density at radius 3 is 1.22 bits per heavy atom. The average Bonchev–Trinajstić information content (AvgIpc) is 3.57. The van der Waals surface area contributed by atoms with Crippen molar-refractivity contribution in [3.8, 4) is 22.3 Å². The van der Waals surface area contributed by atoms with Crippen LogP contribution in [0.4, 0.5) is 0 Å². The van der Waals surface area contributed by atoms with E-state index < -0.39 is 21.5 Å². The van der Waals surface area contributed by atoms with Crippen LogP contribution in [0.15, 0.2) is 96.1 Å². The Morgan fingerprint density at radius 1 is 0.534 bits per heavy atom. The van der Waals surface area contributed by atoms with Gasteiger partial charge in [0, 0.05) is 0 Å². The topological polar surface area (TPSA) is 0 Å². The van der Waals surface area contributed by atoms with Crippen LogP contribution in [0, 0.1) is 24.7 Å². The molecular weight excluding hydrogens is 839 g/mol. The van der Waals surface area contributed by atoms with Crippen LogP contribution in [-0.2, 0) is 15.6 Å². The predicted molar refractivity (Wildman–Crippen MR) is 255 cm³/mol. The van der Waals surface area contributed by atoms with E-state index >= 15 is 0 Å². The van der Waals surface area contributed by atoms with Crippen molar-refractivity contribution in [2.45, 2.75) is 151 Å². The molecule has 0 spiro atoms. The molecule has 2 atom stereocenters. The molecule has 0 bridgehead atoms. The fourth-order valence-corrected chi connectivity index (χ4v) is 43.8. The molecule has 307 valence electrons. The Kier molecular flexibility index (Phi) is 12.6. The fourth-order valence-electron chi connectivity index (χ4n) is 12.5. The molecule has 0 aromatic heterocycles. The van der Waals surface area contributed by atoms with Gasteiger partial charge in [0.2, 0.25) is 0 Å². The fraction of sp³-hybridized carbons (Fsp3) is 0.481. The second-order valence-electron chi connectivity index (χ2n) is 19.9. The third-order valence-corrected chi connectivity index (χ3v) is 68.1. The van der Waals surface area contributed by atoms with Crippen LogP contribution in [-0.4, -0.2) is 5.92 Å². The molecule has 2 saturated carbocycles. The molecule has 8 rings (SSSR count). The molecular formula is C54H69Cl2SiZr. The number of fused-ring (bicyclic) bond motifs is 2. The third-order valence-electron chi connectivity index (χ3n) is 16.2. The summed E-state index contributed by atoms with van der Waals surface area (Å²) in [6, 6.07) is 32.7. The van der Waals surface area contributed by atoms with E-state index in [1.165, 1.54) is 146 Å². The normalized spacial score (nSPS) is 22.3. The van der Waals surface area contributed by atoms with Gasteiger partial charge in [-0.15, -0.1) is 0 Å². The number of aryl methyl sites for hydroxylation is 2. The van der Waals surface area contributed by atoms with Gasteiger partial charge in [-0.3, -0.25) is 0 Å². The van der Waals surface area contributed by atoms with Crippen molar-refractivity contribution in [2.75, 3.05) is 0 Å². The minimum absolute atomic E-state index is 0.109. The Labute approximate surface area is 361 Å². The van der Waals surface area contributed by atoms with Gasteiger partial charge >= 0.3 is 364 Å². The van der Waals surface area contributed by atoms with Gasteiger partial charge in [-0.05, 0) is 0 Å². The SMILES string of the molecule is CCC1(CC2=Cc3c(-c4ccc(C)cc4)cccc3[CH]2[Zr]([Cl])([Cl])([CH]2C(CC3(CC)CCCCCC3)=Cc3c(-c4ccc(C)cc4)cccc32)[SiH](C)C)CCCCCC1. The Morgan fingerprint density at radius 2 is 0.897 bits per heavy atom. The maximum atomic E-state index is 9.26. The zero-order valence-electron chi connectivity index (χ0n) is 36.5. The van der Waals surface area contributed by atoms with Crippen molar-refractivity contribution in [2.24, 2.45) is 10.8 Å². The van der Waals surface area contributed by atoms with Gasteiger partial charge in [0.1, 0.15) is 0 Å². The van der Waals surface area contributed by atoms with E-state index in [4.69, 9.17) is 0 Å². The molecule has 0 N–H and O–H groups in total. The van der Waals surface area contributed by atoms with Gasteiger partial charge in [0.05, 0.1) is 0 Å². The molecule has 0 nitrogen and oxygen atoms in total. The van der Waals surface area contributed by atoms with Crippen molar-refractivity contribution < 1.29 is 15.6 Å². The van der Waals surface area contributed by atoms with Gasteiger partial charge in [0.25, 0.3) is 0 Å². The molecule has 4 aliphatic rings. The van der Waals surface area contributed by atoms with Crippen LogP contribution < -0.4 is 0 Å². The van der Waals surface area contributed by atoms with E-state index in [1.54, 1.807) is 11.1 Å². The zero-order chi connectivity index (χ0) is 40.7. The summed E-state index contributed by atoms with van der Waals surface area (Å²) in [5, 5.41) is 0. The van der Waals surface area contributed by atoms with Crippen molar-refractivity contribution in [3.63, 3.8) is 0 Å². The molecule has 0 aliphatic heterocycles. The maximum absolute atomic E-state index is 9.26. The molecule has 0 saturated heterocycles. The standard InChI is InChI=1S/2C26H31.C2H7Si.2ClH.Zr/c2*1-3-26(15-6-4-5-7-16-26)19-21-17-23-9-8-10-24(25(23)18-21)22-13-11-20(2)12-14-22;1-3-2;;;/h2*8-14,17-18H,3-7,15-16,19H2,1-2H3;3H,1-2H3;2*1H;/q;;;;;+2/p-2. The number of hydrogen-bond donors (Lipinski definition) is 0. The Hall–Kier alpha value is -1.96. The van der Waals surface area contributed by atoms with Crippen molar-refractivity contribution in [3.05, 3.63) is 129 Å². The first-order valence-electron chi connectivity index (χ1n) is 23.3. The summed E-state index contributed by atoms with van der Waals surface area (Å²) in [4.78, 5) is 0.